The normalized spacial score (nSPS) is 12.1. The number of rotatable bonds is 5. The van der Waals surface area contributed by atoms with Crippen molar-refractivity contribution in [2.75, 3.05) is 0 Å². The minimum atomic E-state index is -0.986. The molecule has 0 bridgehead atoms. The van der Waals surface area contributed by atoms with Crippen molar-refractivity contribution in [1.29, 1.82) is 0 Å². The van der Waals surface area contributed by atoms with Gasteiger partial charge >= 0.3 is 5.97 Å². The molecule has 5 heteroatoms. The number of hydrogen-bond donors (Lipinski definition) is 1. The Kier molecular flexibility index (Phi) is 4.91. The zero-order valence-electron chi connectivity index (χ0n) is 11.0. The van der Waals surface area contributed by atoms with Crippen molar-refractivity contribution < 1.29 is 18.7 Å². The van der Waals surface area contributed by atoms with E-state index in [0.29, 0.717) is 11.1 Å². The van der Waals surface area contributed by atoms with Gasteiger partial charge in [0.25, 0.3) is 0 Å². The van der Waals surface area contributed by atoms with E-state index in [0.717, 1.165) is 0 Å². The van der Waals surface area contributed by atoms with Crippen LogP contribution in [0, 0.1) is 17.6 Å². The van der Waals surface area contributed by atoms with Gasteiger partial charge < -0.3 is 5.11 Å². The van der Waals surface area contributed by atoms with Crippen LogP contribution in [0.1, 0.15) is 11.1 Å². The largest absolute Gasteiger partial charge is 0.481 e. The van der Waals surface area contributed by atoms with Gasteiger partial charge in [-0.2, -0.15) is 0 Å². The first-order valence-corrected chi connectivity index (χ1v) is 6.74. The first-order valence-electron chi connectivity index (χ1n) is 6.37. The predicted octanol–water partition coefficient (Wildman–Crippen LogP) is 4.10. The van der Waals surface area contributed by atoms with Crippen LogP contribution >= 0.6 is 11.6 Å². The zero-order chi connectivity index (χ0) is 15.4. The van der Waals surface area contributed by atoms with Crippen LogP contribution in [-0.4, -0.2) is 11.1 Å². The Balaban J connectivity index is 2.15. The van der Waals surface area contributed by atoms with Crippen LogP contribution in [0.5, 0.6) is 0 Å². The molecule has 0 aromatic heterocycles. The molecule has 0 heterocycles. The fourth-order valence-corrected chi connectivity index (χ4v) is 2.35. The number of aliphatic carboxylic acids is 1. The first kappa shape index (κ1) is 15.4. The quantitative estimate of drug-likeness (QED) is 0.902. The molecule has 110 valence electrons. The summed E-state index contributed by atoms with van der Waals surface area (Å²) in [5, 5.41) is 9.25. The van der Waals surface area contributed by atoms with Gasteiger partial charge in [0.2, 0.25) is 0 Å². The lowest BCUT2D eigenvalue weighted by Crippen LogP contribution is -2.19. The van der Waals surface area contributed by atoms with Crippen LogP contribution in [0.25, 0.3) is 0 Å². The molecule has 2 nitrogen and oxygen atoms in total. The van der Waals surface area contributed by atoms with Gasteiger partial charge in [-0.3, -0.25) is 4.79 Å². The second-order valence-electron chi connectivity index (χ2n) is 4.82. The molecule has 1 atom stereocenters. The maximum Gasteiger partial charge on any atom is 0.307 e. The van der Waals surface area contributed by atoms with Crippen molar-refractivity contribution in [3.05, 3.63) is 70.2 Å². The Morgan fingerprint density at radius 1 is 1.10 bits per heavy atom. The van der Waals surface area contributed by atoms with E-state index in [1.54, 1.807) is 12.1 Å². The van der Waals surface area contributed by atoms with Crippen molar-refractivity contribution in [1.82, 2.24) is 0 Å². The van der Waals surface area contributed by atoms with Gasteiger partial charge in [0.05, 0.1) is 10.9 Å². The molecule has 21 heavy (non-hydrogen) atoms. The van der Waals surface area contributed by atoms with Crippen molar-refractivity contribution in [2.24, 2.45) is 5.92 Å². The summed E-state index contributed by atoms with van der Waals surface area (Å²) in [6, 6.07) is 9.96. The third-order valence-corrected chi connectivity index (χ3v) is 3.48. The molecule has 0 saturated heterocycles. The van der Waals surface area contributed by atoms with E-state index >= 15 is 0 Å². The van der Waals surface area contributed by atoms with E-state index in [1.165, 1.54) is 30.3 Å². The highest BCUT2D eigenvalue weighted by atomic mass is 35.5. The molecule has 0 aliphatic rings. The summed E-state index contributed by atoms with van der Waals surface area (Å²) in [5.41, 5.74) is 1.24. The van der Waals surface area contributed by atoms with E-state index in [-0.39, 0.29) is 17.9 Å². The third-order valence-electron chi connectivity index (χ3n) is 3.19. The highest BCUT2D eigenvalue weighted by molar-refractivity contribution is 6.30. The molecule has 0 fully saturated rings. The highest BCUT2D eigenvalue weighted by Gasteiger charge is 2.19. The van der Waals surface area contributed by atoms with E-state index in [9.17, 15) is 18.7 Å². The fourth-order valence-electron chi connectivity index (χ4n) is 2.15. The van der Waals surface area contributed by atoms with Gasteiger partial charge in [-0.05, 0) is 48.2 Å². The second kappa shape index (κ2) is 6.68. The molecule has 2 rings (SSSR count). The molecule has 1 N–H and O–H groups in total. The summed E-state index contributed by atoms with van der Waals surface area (Å²) < 4.78 is 26.2. The lowest BCUT2D eigenvalue weighted by molar-refractivity contribution is -0.141. The van der Waals surface area contributed by atoms with E-state index in [1.807, 2.05) is 0 Å². The molecular weight excluding hydrogens is 298 g/mol. The summed E-state index contributed by atoms with van der Waals surface area (Å²) in [5.74, 6) is -2.66. The molecule has 0 radical (unpaired) electrons. The molecule has 0 saturated carbocycles. The van der Waals surface area contributed by atoms with Crippen molar-refractivity contribution in [3.63, 3.8) is 0 Å². The molecule has 2 aromatic rings. The summed E-state index contributed by atoms with van der Waals surface area (Å²) in [7, 11) is 0. The molecule has 0 aliphatic heterocycles. The minimum Gasteiger partial charge on any atom is -0.481 e. The van der Waals surface area contributed by atoms with Gasteiger partial charge in [-0.1, -0.05) is 29.8 Å². The Morgan fingerprint density at radius 3 is 2.33 bits per heavy atom. The van der Waals surface area contributed by atoms with Gasteiger partial charge in [0.1, 0.15) is 11.6 Å². The van der Waals surface area contributed by atoms with Crippen molar-refractivity contribution >= 4 is 17.6 Å². The van der Waals surface area contributed by atoms with E-state index < -0.39 is 23.5 Å². The topological polar surface area (TPSA) is 37.3 Å². The maximum atomic E-state index is 13.1. The summed E-state index contributed by atoms with van der Waals surface area (Å²) in [6.07, 6.45) is 0.397. The van der Waals surface area contributed by atoms with Gasteiger partial charge in [-0.15, -0.1) is 0 Å². The number of carboxylic acids is 1. The third kappa shape index (κ3) is 4.26. The number of benzene rings is 2. The second-order valence-corrected chi connectivity index (χ2v) is 5.23. The summed E-state index contributed by atoms with van der Waals surface area (Å²) >= 11 is 5.69. The van der Waals surface area contributed by atoms with Crippen LogP contribution in [0.4, 0.5) is 8.78 Å². The lowest BCUT2D eigenvalue weighted by atomic mass is 9.92. The summed E-state index contributed by atoms with van der Waals surface area (Å²) in [4.78, 5) is 11.3. The SMILES string of the molecule is O=C(O)C(Cc1cccc(F)c1)Cc1ccc(F)c(Cl)c1. The molecule has 0 spiro atoms. The first-order chi connectivity index (χ1) is 9.95. The number of halogens is 3. The summed E-state index contributed by atoms with van der Waals surface area (Å²) in [6.45, 7) is 0. The number of carboxylic acid groups (broad SMARTS) is 1. The molecule has 1 unspecified atom stereocenters. The van der Waals surface area contributed by atoms with E-state index in [4.69, 9.17) is 11.6 Å². The fraction of sp³-hybridized carbons (Fsp3) is 0.188. The van der Waals surface area contributed by atoms with Crippen LogP contribution in [-0.2, 0) is 17.6 Å². The van der Waals surface area contributed by atoms with Gasteiger partial charge in [0, 0.05) is 0 Å². The average molecular weight is 311 g/mol. The molecule has 0 aliphatic carbocycles. The van der Waals surface area contributed by atoms with Gasteiger partial charge in [-0.25, -0.2) is 8.78 Å². The van der Waals surface area contributed by atoms with E-state index in [2.05, 4.69) is 0 Å². The Labute approximate surface area is 126 Å². The number of hydrogen-bond acceptors (Lipinski definition) is 1. The van der Waals surface area contributed by atoms with Crippen molar-refractivity contribution in [3.8, 4) is 0 Å². The molecular formula is C16H13ClF2O2. The molecule has 2 aromatic carbocycles. The lowest BCUT2D eigenvalue weighted by Gasteiger charge is -2.13. The zero-order valence-corrected chi connectivity index (χ0v) is 11.8. The van der Waals surface area contributed by atoms with Crippen molar-refractivity contribution in [2.45, 2.75) is 12.8 Å². The predicted molar refractivity (Wildman–Crippen MR) is 76.3 cm³/mol. The standard InChI is InChI=1S/C16H13ClF2O2/c17-14-9-11(4-5-15(14)19)7-12(16(20)21)6-10-2-1-3-13(18)8-10/h1-5,8-9,12H,6-7H2,(H,20,21). The highest BCUT2D eigenvalue weighted by Crippen LogP contribution is 2.20. The minimum absolute atomic E-state index is 0.0394. The average Bonchev–Trinajstić information content (AvgIpc) is 2.42. The van der Waals surface area contributed by atoms with Crippen LogP contribution < -0.4 is 0 Å². The Hall–Kier alpha value is -1.94. The smallest absolute Gasteiger partial charge is 0.307 e. The maximum absolute atomic E-state index is 13.1. The molecule has 0 amide bonds. The van der Waals surface area contributed by atoms with Crippen LogP contribution in [0.15, 0.2) is 42.5 Å². The van der Waals surface area contributed by atoms with Gasteiger partial charge in [0.15, 0.2) is 0 Å². The Morgan fingerprint density at radius 2 is 1.76 bits per heavy atom. The van der Waals surface area contributed by atoms with Crippen LogP contribution in [0.3, 0.4) is 0 Å². The Bertz CT molecular complexity index is 658. The van der Waals surface area contributed by atoms with Crippen LogP contribution in [0.2, 0.25) is 5.02 Å². The monoisotopic (exact) mass is 310 g/mol. The number of carbonyl (C=O) groups is 1.